The number of methoxy groups -OCH3 is 2. The molecule has 1 aliphatic heterocycles. The number of rotatable bonds is 8. The monoisotopic (exact) mass is 558 g/mol. The van der Waals surface area contributed by atoms with Crippen molar-refractivity contribution in [2.45, 2.75) is 18.9 Å². The zero-order valence-electron chi connectivity index (χ0n) is 18.8. The summed E-state index contributed by atoms with van der Waals surface area (Å²) in [4.78, 5) is 6.64. The average molecular weight is 558 g/mol. The molecule has 0 aliphatic carbocycles. The van der Waals surface area contributed by atoms with Crippen LogP contribution in [0.15, 0.2) is 47.5 Å². The summed E-state index contributed by atoms with van der Waals surface area (Å²) >= 11 is 0. The van der Waals surface area contributed by atoms with Gasteiger partial charge in [-0.2, -0.15) is 0 Å². The van der Waals surface area contributed by atoms with E-state index in [-0.39, 0.29) is 29.8 Å². The minimum atomic E-state index is -0.304. The van der Waals surface area contributed by atoms with Gasteiger partial charge in [0.05, 0.1) is 20.8 Å². The lowest BCUT2D eigenvalue weighted by Gasteiger charge is -2.34. The SMILES string of the molecule is CN=C(NCCOc1cccc(F)c1)NC1CCN(c2cc(OC)cc(OC)c2)CC1.I. The topological polar surface area (TPSA) is 67.4 Å². The molecule has 2 aromatic carbocycles. The van der Waals surface area contributed by atoms with Crippen molar-refractivity contribution in [1.29, 1.82) is 0 Å². The zero-order valence-corrected chi connectivity index (χ0v) is 21.1. The first-order valence-corrected chi connectivity index (χ1v) is 10.4. The Morgan fingerprint density at radius 1 is 1.06 bits per heavy atom. The van der Waals surface area contributed by atoms with Gasteiger partial charge in [0.25, 0.3) is 0 Å². The first-order chi connectivity index (χ1) is 15.1. The first-order valence-electron chi connectivity index (χ1n) is 10.4. The van der Waals surface area contributed by atoms with Crippen LogP contribution >= 0.6 is 24.0 Å². The second kappa shape index (κ2) is 13.2. The quantitative estimate of drug-likeness (QED) is 0.223. The molecule has 1 saturated heterocycles. The Kier molecular flexibility index (Phi) is 10.6. The molecular weight excluding hydrogens is 526 g/mol. The van der Waals surface area contributed by atoms with E-state index in [0.717, 1.165) is 49.1 Å². The number of aliphatic imine (C=N–C) groups is 1. The summed E-state index contributed by atoms with van der Waals surface area (Å²) in [7, 11) is 5.08. The molecule has 0 saturated carbocycles. The normalized spacial score (nSPS) is 14.4. The lowest BCUT2D eigenvalue weighted by Crippen LogP contribution is -2.49. The molecule has 2 aromatic rings. The molecule has 1 aliphatic rings. The Morgan fingerprint density at radius 3 is 2.34 bits per heavy atom. The second-order valence-corrected chi connectivity index (χ2v) is 7.28. The number of anilines is 1. The van der Waals surface area contributed by atoms with Gasteiger partial charge in [-0.05, 0) is 25.0 Å². The van der Waals surface area contributed by atoms with Crippen LogP contribution in [-0.2, 0) is 0 Å². The maximum absolute atomic E-state index is 13.2. The summed E-state index contributed by atoms with van der Waals surface area (Å²) in [6.07, 6.45) is 1.97. The van der Waals surface area contributed by atoms with Crippen molar-refractivity contribution in [1.82, 2.24) is 10.6 Å². The Balaban J connectivity index is 0.00000363. The van der Waals surface area contributed by atoms with Gasteiger partial charge < -0.3 is 29.7 Å². The molecular formula is C23H32FIN4O3. The van der Waals surface area contributed by atoms with E-state index in [2.05, 4.69) is 20.5 Å². The third-order valence-corrected chi connectivity index (χ3v) is 5.22. The van der Waals surface area contributed by atoms with E-state index < -0.39 is 0 Å². The molecule has 0 amide bonds. The standard InChI is InChI=1S/C23H31FN4O3.HI/c1-25-23(26-9-12-31-20-6-4-5-17(24)13-20)27-18-7-10-28(11-8-18)19-14-21(29-2)16-22(15-19)30-3;/h4-6,13-16,18H,7-12H2,1-3H3,(H2,25,26,27);1H. The van der Waals surface area contributed by atoms with Crippen LogP contribution in [0.2, 0.25) is 0 Å². The van der Waals surface area contributed by atoms with Crippen molar-refractivity contribution in [3.63, 3.8) is 0 Å². The predicted molar refractivity (Wildman–Crippen MR) is 137 cm³/mol. The van der Waals surface area contributed by atoms with Crippen molar-refractivity contribution >= 4 is 35.6 Å². The van der Waals surface area contributed by atoms with Gasteiger partial charge in [-0.15, -0.1) is 24.0 Å². The fourth-order valence-corrected chi connectivity index (χ4v) is 3.54. The second-order valence-electron chi connectivity index (χ2n) is 7.28. The Hall–Kier alpha value is -2.43. The molecule has 1 fully saturated rings. The third-order valence-electron chi connectivity index (χ3n) is 5.22. The largest absolute Gasteiger partial charge is 0.497 e. The van der Waals surface area contributed by atoms with Gasteiger partial charge in [0, 0.05) is 56.1 Å². The molecule has 9 heteroatoms. The van der Waals surface area contributed by atoms with Gasteiger partial charge >= 0.3 is 0 Å². The highest BCUT2D eigenvalue weighted by molar-refractivity contribution is 14.0. The molecule has 32 heavy (non-hydrogen) atoms. The van der Waals surface area contributed by atoms with Crippen LogP contribution in [0.25, 0.3) is 0 Å². The molecule has 0 unspecified atom stereocenters. The summed E-state index contributed by atoms with van der Waals surface area (Å²) in [6.45, 7) is 2.83. The molecule has 0 aromatic heterocycles. The maximum Gasteiger partial charge on any atom is 0.191 e. The van der Waals surface area contributed by atoms with E-state index in [1.807, 2.05) is 18.2 Å². The molecule has 3 rings (SSSR count). The smallest absolute Gasteiger partial charge is 0.191 e. The van der Waals surface area contributed by atoms with Gasteiger partial charge in [0.2, 0.25) is 0 Å². The van der Waals surface area contributed by atoms with Crippen LogP contribution in [0, 0.1) is 5.82 Å². The van der Waals surface area contributed by atoms with Crippen molar-refractivity contribution in [3.8, 4) is 17.2 Å². The number of halogens is 2. The van der Waals surface area contributed by atoms with Crippen LogP contribution < -0.4 is 29.7 Å². The fraction of sp³-hybridized carbons (Fsp3) is 0.435. The molecule has 0 atom stereocenters. The van der Waals surface area contributed by atoms with E-state index in [4.69, 9.17) is 14.2 Å². The van der Waals surface area contributed by atoms with Gasteiger partial charge in [-0.25, -0.2) is 4.39 Å². The number of ether oxygens (including phenoxy) is 3. The van der Waals surface area contributed by atoms with Gasteiger partial charge in [-0.3, -0.25) is 4.99 Å². The van der Waals surface area contributed by atoms with Crippen molar-refractivity contribution in [3.05, 3.63) is 48.3 Å². The summed E-state index contributed by atoms with van der Waals surface area (Å²) in [5, 5.41) is 6.73. The Morgan fingerprint density at radius 2 is 1.75 bits per heavy atom. The first kappa shape index (κ1) is 25.8. The number of nitrogens with one attached hydrogen (secondary N) is 2. The third kappa shape index (κ3) is 7.61. The fourth-order valence-electron chi connectivity index (χ4n) is 3.54. The van der Waals surface area contributed by atoms with Crippen LogP contribution in [0.1, 0.15) is 12.8 Å². The van der Waals surface area contributed by atoms with Crippen molar-refractivity contribution in [2.24, 2.45) is 4.99 Å². The molecule has 7 nitrogen and oxygen atoms in total. The van der Waals surface area contributed by atoms with Gasteiger partial charge in [-0.1, -0.05) is 6.07 Å². The summed E-state index contributed by atoms with van der Waals surface area (Å²) in [5.74, 6) is 2.54. The number of hydrogen-bond donors (Lipinski definition) is 2. The van der Waals surface area contributed by atoms with E-state index >= 15 is 0 Å². The van der Waals surface area contributed by atoms with E-state index in [0.29, 0.717) is 24.9 Å². The zero-order chi connectivity index (χ0) is 22.1. The Labute approximate surface area is 206 Å². The van der Waals surface area contributed by atoms with Gasteiger partial charge in [0.15, 0.2) is 5.96 Å². The molecule has 176 valence electrons. The van der Waals surface area contributed by atoms with Crippen LogP contribution in [0.4, 0.5) is 10.1 Å². The lowest BCUT2D eigenvalue weighted by molar-refractivity contribution is 0.319. The molecule has 0 radical (unpaired) electrons. The van der Waals surface area contributed by atoms with Crippen molar-refractivity contribution in [2.75, 3.05) is 52.4 Å². The molecule has 0 bridgehead atoms. The number of guanidine groups is 1. The number of benzene rings is 2. The highest BCUT2D eigenvalue weighted by Crippen LogP contribution is 2.30. The maximum atomic E-state index is 13.2. The average Bonchev–Trinajstić information content (AvgIpc) is 2.81. The molecule has 1 heterocycles. The van der Waals surface area contributed by atoms with Crippen LogP contribution in [-0.4, -0.2) is 59.5 Å². The highest BCUT2D eigenvalue weighted by atomic mass is 127. The minimum absolute atomic E-state index is 0. The molecule has 2 N–H and O–H groups in total. The summed E-state index contributed by atoms with van der Waals surface area (Å²) in [5.41, 5.74) is 1.10. The van der Waals surface area contributed by atoms with Crippen LogP contribution in [0.3, 0.4) is 0 Å². The number of hydrogen-bond acceptors (Lipinski definition) is 5. The van der Waals surface area contributed by atoms with Gasteiger partial charge in [0.1, 0.15) is 29.7 Å². The van der Waals surface area contributed by atoms with E-state index in [1.54, 1.807) is 33.4 Å². The van der Waals surface area contributed by atoms with E-state index in [1.165, 1.54) is 12.1 Å². The van der Waals surface area contributed by atoms with E-state index in [9.17, 15) is 4.39 Å². The number of nitrogens with zero attached hydrogens (tertiary/aromatic N) is 2. The number of piperidine rings is 1. The summed E-state index contributed by atoms with van der Waals surface area (Å²) in [6, 6.07) is 12.4. The lowest BCUT2D eigenvalue weighted by atomic mass is 10.0. The molecule has 0 spiro atoms. The highest BCUT2D eigenvalue weighted by Gasteiger charge is 2.21. The van der Waals surface area contributed by atoms with Crippen LogP contribution in [0.5, 0.6) is 17.2 Å². The predicted octanol–water partition coefficient (Wildman–Crippen LogP) is 3.67. The summed E-state index contributed by atoms with van der Waals surface area (Å²) < 4.78 is 29.5. The minimum Gasteiger partial charge on any atom is -0.497 e. The Bertz CT molecular complexity index is 854. The van der Waals surface area contributed by atoms with Crippen molar-refractivity contribution < 1.29 is 18.6 Å².